The van der Waals surface area contributed by atoms with E-state index in [4.69, 9.17) is 16.3 Å². The van der Waals surface area contributed by atoms with Crippen LogP contribution >= 0.6 is 11.6 Å². The van der Waals surface area contributed by atoms with E-state index in [9.17, 15) is 9.59 Å². The molecule has 2 amide bonds. The number of hydrogen-bond acceptors (Lipinski definition) is 7. The molecule has 3 N–H and O–H groups in total. The van der Waals surface area contributed by atoms with Crippen molar-refractivity contribution in [2.24, 2.45) is 0 Å². The average molecular weight is 559 g/mol. The van der Waals surface area contributed by atoms with Crippen LogP contribution in [0.25, 0.3) is 23.0 Å². The number of carbonyl (C=O) groups is 2. The lowest BCUT2D eigenvalue weighted by atomic mass is 9.98. The Kier molecular flexibility index (Phi) is 8.31. The predicted molar refractivity (Wildman–Crippen MR) is 151 cm³/mol. The smallest absolute Gasteiger partial charge is 0.411 e. The highest BCUT2D eigenvalue weighted by Crippen LogP contribution is 2.29. The number of nitrogens with zero attached hydrogens (tertiary/aromatic N) is 5. The van der Waals surface area contributed by atoms with Crippen LogP contribution in [0.5, 0.6) is 0 Å². The lowest BCUT2D eigenvalue weighted by Gasteiger charge is -2.15. The Morgan fingerprint density at radius 3 is 2.92 bits per heavy atom. The van der Waals surface area contributed by atoms with Crippen LogP contribution in [-0.4, -0.2) is 49.3 Å². The summed E-state index contributed by atoms with van der Waals surface area (Å²) in [5, 5.41) is 17.6. The Bertz CT molecular complexity index is 1560. The fourth-order valence-corrected chi connectivity index (χ4v) is 4.66. The third kappa shape index (κ3) is 6.44. The number of hydrogen-bond donors (Lipinski definition) is 3. The van der Waals surface area contributed by atoms with E-state index in [0.717, 1.165) is 36.1 Å². The van der Waals surface area contributed by atoms with Gasteiger partial charge in [-0.2, -0.15) is 4.68 Å². The largest absolute Gasteiger partial charge is 0.453 e. The first-order chi connectivity index (χ1) is 19.5. The molecular weight excluding hydrogens is 532 g/mol. The molecular formula is C28H27ClN8O3. The van der Waals surface area contributed by atoms with Gasteiger partial charge in [-0.05, 0) is 78.1 Å². The molecule has 1 atom stereocenters. The first-order valence-electron chi connectivity index (χ1n) is 12.7. The molecule has 1 aliphatic rings. The summed E-state index contributed by atoms with van der Waals surface area (Å²) in [5.41, 5.74) is 4.92. The standard InChI is InChI=1S/C28H27ClN8O3/c1-40-28(39)32-21-10-11-22-18(15-21)6-4-2-3-5-7-23(27-30-16-24(22)34-27)33-26(38)13-8-19-14-20(29)9-12-25(19)37-17-31-35-36-37/h3,5,8-17,23H,2,4,6-7H2,1H3,(H,30,34)(H,32,39)(H,33,38)/t23-/m0/s1. The summed E-state index contributed by atoms with van der Waals surface area (Å²) in [7, 11) is 1.33. The molecule has 0 unspecified atom stereocenters. The number of methoxy groups -OCH3 is 1. The number of allylic oxidation sites excluding steroid dienone is 1. The van der Waals surface area contributed by atoms with Gasteiger partial charge >= 0.3 is 6.09 Å². The number of imidazole rings is 1. The van der Waals surface area contributed by atoms with Crippen molar-refractivity contribution in [3.05, 3.63) is 89.1 Å². The molecule has 11 nitrogen and oxygen atoms in total. The molecule has 3 heterocycles. The van der Waals surface area contributed by atoms with E-state index in [1.165, 1.54) is 24.2 Å². The minimum absolute atomic E-state index is 0.287. The van der Waals surface area contributed by atoms with Gasteiger partial charge in [-0.15, -0.1) is 5.10 Å². The molecule has 40 heavy (non-hydrogen) atoms. The Labute approximate surface area is 235 Å². The third-order valence-corrected chi connectivity index (χ3v) is 6.66. The molecule has 0 radical (unpaired) electrons. The lowest BCUT2D eigenvalue weighted by Crippen LogP contribution is -2.27. The van der Waals surface area contributed by atoms with Crippen molar-refractivity contribution in [2.45, 2.75) is 31.7 Å². The van der Waals surface area contributed by atoms with E-state index in [0.29, 0.717) is 34.2 Å². The van der Waals surface area contributed by atoms with Crippen molar-refractivity contribution in [3.63, 3.8) is 0 Å². The molecule has 12 heteroatoms. The van der Waals surface area contributed by atoms with E-state index in [1.807, 2.05) is 18.2 Å². The van der Waals surface area contributed by atoms with Crippen LogP contribution in [0.15, 0.2) is 67.2 Å². The second-order valence-corrected chi connectivity index (χ2v) is 9.56. The van der Waals surface area contributed by atoms with Crippen molar-refractivity contribution < 1.29 is 14.3 Å². The molecule has 2 aromatic carbocycles. The molecule has 0 spiro atoms. The minimum atomic E-state index is -0.519. The van der Waals surface area contributed by atoms with Crippen LogP contribution < -0.4 is 10.6 Å². The fourth-order valence-electron chi connectivity index (χ4n) is 4.48. The summed E-state index contributed by atoms with van der Waals surface area (Å²) >= 11 is 6.20. The number of aromatic nitrogens is 6. The Balaban J connectivity index is 1.37. The van der Waals surface area contributed by atoms with Crippen molar-refractivity contribution in [1.82, 2.24) is 35.5 Å². The van der Waals surface area contributed by atoms with Gasteiger partial charge in [0.05, 0.1) is 30.7 Å². The average Bonchev–Trinajstić information content (AvgIpc) is 3.66. The number of anilines is 1. The Morgan fingerprint density at radius 1 is 1.20 bits per heavy atom. The fraction of sp³-hybridized carbons (Fsp3) is 0.214. The van der Waals surface area contributed by atoms with Gasteiger partial charge in [0.25, 0.3) is 0 Å². The maximum atomic E-state index is 13.0. The number of H-pyrrole nitrogens is 1. The van der Waals surface area contributed by atoms with Crippen LogP contribution in [0.3, 0.4) is 0 Å². The van der Waals surface area contributed by atoms with Gasteiger partial charge < -0.3 is 15.0 Å². The number of halogens is 1. The molecule has 0 saturated heterocycles. The quantitative estimate of drug-likeness (QED) is 0.230. The topological polar surface area (TPSA) is 140 Å². The normalized spacial score (nSPS) is 15.1. The van der Waals surface area contributed by atoms with Crippen molar-refractivity contribution >= 4 is 35.4 Å². The zero-order valence-electron chi connectivity index (χ0n) is 21.7. The summed E-state index contributed by atoms with van der Waals surface area (Å²) in [6.45, 7) is 0. The van der Waals surface area contributed by atoms with Crippen LogP contribution in [0, 0.1) is 0 Å². The number of rotatable bonds is 5. The van der Waals surface area contributed by atoms with Crippen LogP contribution in [0.4, 0.5) is 10.5 Å². The summed E-state index contributed by atoms with van der Waals surface area (Å²) in [4.78, 5) is 32.7. The maximum absolute atomic E-state index is 13.0. The summed E-state index contributed by atoms with van der Waals surface area (Å²) in [6, 6.07) is 10.6. The zero-order valence-corrected chi connectivity index (χ0v) is 22.4. The highest BCUT2D eigenvalue weighted by atomic mass is 35.5. The third-order valence-electron chi connectivity index (χ3n) is 6.42. The number of fused-ring (bicyclic) bond motifs is 4. The molecule has 0 saturated carbocycles. The number of benzene rings is 2. The highest BCUT2D eigenvalue weighted by Gasteiger charge is 2.18. The van der Waals surface area contributed by atoms with E-state index in [2.05, 4.69) is 48.3 Å². The minimum Gasteiger partial charge on any atom is -0.453 e. The SMILES string of the molecule is COC(=O)Nc1ccc2c(c1)CCCC=CC[C@H](NC(=O)C=Cc1cc(Cl)ccc1-n1cnnn1)c1ncc-2[nH]1. The van der Waals surface area contributed by atoms with Crippen molar-refractivity contribution in [2.75, 3.05) is 12.4 Å². The Morgan fingerprint density at radius 2 is 2.10 bits per heavy atom. The van der Waals surface area contributed by atoms with Crippen molar-refractivity contribution in [3.8, 4) is 16.9 Å². The summed E-state index contributed by atoms with van der Waals surface area (Å²) in [5.74, 6) is 0.354. The van der Waals surface area contributed by atoms with E-state index >= 15 is 0 Å². The number of carbonyl (C=O) groups excluding carboxylic acids is 2. The number of ether oxygens (including phenoxy) is 1. The summed E-state index contributed by atoms with van der Waals surface area (Å²) in [6.07, 6.45) is 13.2. The predicted octanol–water partition coefficient (Wildman–Crippen LogP) is 5.04. The van der Waals surface area contributed by atoms with Crippen LogP contribution in [-0.2, 0) is 16.0 Å². The number of amides is 2. The first-order valence-corrected chi connectivity index (χ1v) is 13.1. The molecule has 1 aliphatic heterocycles. The van der Waals surface area contributed by atoms with Gasteiger partial charge in [-0.25, -0.2) is 9.78 Å². The second-order valence-electron chi connectivity index (χ2n) is 9.12. The van der Waals surface area contributed by atoms with Gasteiger partial charge in [-0.1, -0.05) is 29.8 Å². The zero-order chi connectivity index (χ0) is 27.9. The molecule has 0 fully saturated rings. The molecule has 204 valence electrons. The molecule has 4 aromatic rings. The van der Waals surface area contributed by atoms with Crippen LogP contribution in [0.2, 0.25) is 5.02 Å². The number of aromatic amines is 1. The highest BCUT2D eigenvalue weighted by molar-refractivity contribution is 6.30. The van der Waals surface area contributed by atoms with Gasteiger partial charge in [0.1, 0.15) is 12.2 Å². The number of nitrogens with one attached hydrogen (secondary N) is 3. The maximum Gasteiger partial charge on any atom is 0.411 e. The molecule has 0 aliphatic carbocycles. The van der Waals surface area contributed by atoms with Crippen LogP contribution in [0.1, 0.15) is 42.3 Å². The monoisotopic (exact) mass is 558 g/mol. The number of tetrazole rings is 1. The van der Waals surface area contributed by atoms with Gasteiger partial charge in [0.15, 0.2) is 0 Å². The number of aryl methyl sites for hydroxylation is 1. The van der Waals surface area contributed by atoms with Gasteiger partial charge in [-0.3, -0.25) is 10.1 Å². The van der Waals surface area contributed by atoms with E-state index in [-0.39, 0.29) is 11.9 Å². The molecule has 5 rings (SSSR count). The molecule has 2 bridgehead atoms. The van der Waals surface area contributed by atoms with Crippen molar-refractivity contribution in [1.29, 1.82) is 0 Å². The molecule has 2 aromatic heterocycles. The summed E-state index contributed by atoms with van der Waals surface area (Å²) < 4.78 is 6.22. The van der Waals surface area contributed by atoms with Gasteiger partial charge in [0, 0.05) is 27.9 Å². The first kappa shape index (κ1) is 26.8. The van der Waals surface area contributed by atoms with Gasteiger partial charge in [0.2, 0.25) is 5.91 Å². The lowest BCUT2D eigenvalue weighted by molar-refractivity contribution is -0.117. The second kappa shape index (κ2) is 12.4. The van der Waals surface area contributed by atoms with E-state index < -0.39 is 6.09 Å². The Hall–Kier alpha value is -4.77. The van der Waals surface area contributed by atoms with E-state index in [1.54, 1.807) is 30.5 Å².